The quantitative estimate of drug-likeness (QED) is 0.811. The van der Waals surface area contributed by atoms with Crippen molar-refractivity contribution in [1.29, 1.82) is 0 Å². The summed E-state index contributed by atoms with van der Waals surface area (Å²) in [5.74, 6) is 0.322. The molecule has 7 heteroatoms. The van der Waals surface area contributed by atoms with Crippen LogP contribution >= 0.6 is 11.6 Å². The van der Waals surface area contributed by atoms with E-state index >= 15 is 0 Å². The number of aromatic nitrogens is 3. The number of fused-ring (bicyclic) bond motifs is 1. The SMILES string of the molecule is COC(C)(C)CCC(=O)Nc1nc2ccc(Cl)nc2n1C1=CC=C1. The fourth-order valence-corrected chi connectivity index (χ4v) is 2.44. The van der Waals surface area contributed by atoms with E-state index in [9.17, 15) is 4.79 Å². The first-order valence-corrected chi connectivity index (χ1v) is 8.06. The van der Waals surface area contributed by atoms with Crippen molar-refractivity contribution in [2.45, 2.75) is 32.3 Å². The summed E-state index contributed by atoms with van der Waals surface area (Å²) in [7, 11) is 1.64. The van der Waals surface area contributed by atoms with Crippen LogP contribution in [0.2, 0.25) is 5.15 Å². The number of hydrogen-bond acceptors (Lipinski definition) is 4. The Kier molecular flexibility index (Phi) is 4.43. The maximum Gasteiger partial charge on any atom is 0.226 e. The number of carbonyl (C=O) groups is 1. The Hall–Kier alpha value is -2.18. The second-order valence-electron chi connectivity index (χ2n) is 6.21. The number of imidazole rings is 1. The number of pyridine rings is 1. The Morgan fingerprint density at radius 1 is 1.38 bits per heavy atom. The van der Waals surface area contributed by atoms with Gasteiger partial charge in [-0.1, -0.05) is 17.7 Å². The molecule has 0 bridgehead atoms. The molecule has 0 spiro atoms. The van der Waals surface area contributed by atoms with Crippen LogP contribution in [0.5, 0.6) is 0 Å². The van der Waals surface area contributed by atoms with Crippen LogP contribution in [0, 0.1) is 0 Å². The Morgan fingerprint density at radius 2 is 2.12 bits per heavy atom. The molecule has 0 unspecified atom stereocenters. The maximum atomic E-state index is 12.3. The van der Waals surface area contributed by atoms with E-state index in [4.69, 9.17) is 16.3 Å². The van der Waals surface area contributed by atoms with Crippen molar-refractivity contribution in [3.8, 4) is 0 Å². The molecule has 0 aliphatic heterocycles. The number of hydrogen-bond donors (Lipinski definition) is 1. The van der Waals surface area contributed by atoms with Crippen molar-refractivity contribution < 1.29 is 9.53 Å². The summed E-state index contributed by atoms with van der Waals surface area (Å²) in [4.78, 5) is 21.1. The van der Waals surface area contributed by atoms with Gasteiger partial charge < -0.3 is 4.74 Å². The first-order valence-electron chi connectivity index (χ1n) is 7.68. The summed E-state index contributed by atoms with van der Waals surface area (Å²) in [6, 6.07) is 3.47. The number of carbonyl (C=O) groups excluding carboxylic acids is 1. The summed E-state index contributed by atoms with van der Waals surface area (Å²) >= 11 is 6.00. The molecular formula is C17H19ClN4O2. The molecular weight excluding hydrogens is 328 g/mol. The van der Waals surface area contributed by atoms with Crippen molar-refractivity contribution in [3.05, 3.63) is 35.5 Å². The van der Waals surface area contributed by atoms with Gasteiger partial charge in [0.15, 0.2) is 5.65 Å². The molecule has 1 aliphatic rings. The third-order valence-corrected chi connectivity index (χ3v) is 4.23. The molecule has 0 fully saturated rings. The topological polar surface area (TPSA) is 69.0 Å². The number of methoxy groups -OCH3 is 1. The molecule has 1 N–H and O–H groups in total. The second-order valence-corrected chi connectivity index (χ2v) is 6.60. The highest BCUT2D eigenvalue weighted by atomic mass is 35.5. The van der Waals surface area contributed by atoms with E-state index in [1.165, 1.54) is 0 Å². The second kappa shape index (κ2) is 6.37. The van der Waals surface area contributed by atoms with Crippen LogP contribution in [-0.4, -0.2) is 33.2 Å². The maximum absolute atomic E-state index is 12.3. The molecule has 126 valence electrons. The van der Waals surface area contributed by atoms with Crippen molar-refractivity contribution in [1.82, 2.24) is 14.5 Å². The lowest BCUT2D eigenvalue weighted by Crippen LogP contribution is -2.25. The lowest BCUT2D eigenvalue weighted by Gasteiger charge is -2.22. The minimum absolute atomic E-state index is 0.119. The Labute approximate surface area is 145 Å². The van der Waals surface area contributed by atoms with Crippen LogP contribution in [0.15, 0.2) is 30.4 Å². The molecule has 1 aliphatic carbocycles. The zero-order chi connectivity index (χ0) is 17.3. The van der Waals surface area contributed by atoms with Gasteiger partial charge in [0.25, 0.3) is 0 Å². The fraction of sp³-hybridized carbons (Fsp3) is 0.353. The Balaban J connectivity index is 1.85. The number of anilines is 1. The molecule has 3 rings (SSSR count). The fourth-order valence-electron chi connectivity index (χ4n) is 2.30. The molecule has 0 atom stereocenters. The van der Waals surface area contributed by atoms with E-state index in [1.54, 1.807) is 23.8 Å². The normalized spacial score (nSPS) is 13.8. The third kappa shape index (κ3) is 3.34. The van der Waals surface area contributed by atoms with E-state index in [0.29, 0.717) is 35.1 Å². The molecule has 0 saturated heterocycles. The number of allylic oxidation sites excluding steroid dienone is 4. The van der Waals surface area contributed by atoms with Gasteiger partial charge in [0.1, 0.15) is 10.7 Å². The van der Waals surface area contributed by atoms with Gasteiger partial charge in [0, 0.05) is 13.5 Å². The van der Waals surface area contributed by atoms with Gasteiger partial charge >= 0.3 is 0 Å². The number of amides is 1. The van der Waals surface area contributed by atoms with Gasteiger partial charge in [-0.3, -0.25) is 14.7 Å². The first kappa shape index (κ1) is 16.7. The molecule has 6 nitrogen and oxygen atoms in total. The highest BCUT2D eigenvalue weighted by Gasteiger charge is 2.21. The number of halogens is 1. The average Bonchev–Trinajstić information content (AvgIpc) is 2.82. The standard InChI is InChI=1S/C17H19ClN4O2/c1-17(2,24-3)10-9-14(23)21-16-19-12-7-8-13(18)20-15(12)22(16)11-5-4-6-11/h4-8H,9-10H2,1-3H3,(H,19,21,23). The molecule has 2 aromatic heterocycles. The van der Waals surface area contributed by atoms with Crippen LogP contribution in [0.3, 0.4) is 0 Å². The van der Waals surface area contributed by atoms with Gasteiger partial charge in [-0.05, 0) is 44.6 Å². The molecule has 1 amide bonds. The summed E-state index contributed by atoms with van der Waals surface area (Å²) in [6.45, 7) is 3.90. The number of nitrogens with one attached hydrogen (secondary N) is 1. The van der Waals surface area contributed by atoms with E-state index in [1.807, 2.05) is 32.1 Å². The predicted octanol–water partition coefficient (Wildman–Crippen LogP) is 3.64. The van der Waals surface area contributed by atoms with E-state index in [2.05, 4.69) is 15.3 Å². The van der Waals surface area contributed by atoms with E-state index in [0.717, 1.165) is 5.70 Å². The molecule has 0 aromatic carbocycles. The summed E-state index contributed by atoms with van der Waals surface area (Å²) < 4.78 is 7.14. The average molecular weight is 347 g/mol. The van der Waals surface area contributed by atoms with Gasteiger partial charge in [0.05, 0.1) is 11.3 Å². The van der Waals surface area contributed by atoms with E-state index in [-0.39, 0.29) is 11.5 Å². The predicted molar refractivity (Wildman–Crippen MR) is 94.9 cm³/mol. The lowest BCUT2D eigenvalue weighted by molar-refractivity contribution is -0.117. The summed E-state index contributed by atoms with van der Waals surface area (Å²) in [5.41, 5.74) is 1.85. The molecule has 0 radical (unpaired) electrons. The van der Waals surface area contributed by atoms with Gasteiger partial charge in [0.2, 0.25) is 11.9 Å². The van der Waals surface area contributed by atoms with Gasteiger partial charge in [-0.15, -0.1) is 0 Å². The van der Waals surface area contributed by atoms with Crippen LogP contribution in [0.25, 0.3) is 16.9 Å². The zero-order valence-corrected chi connectivity index (χ0v) is 14.6. The van der Waals surface area contributed by atoms with Crippen LogP contribution < -0.4 is 5.32 Å². The highest BCUT2D eigenvalue weighted by Crippen LogP contribution is 2.28. The van der Waals surface area contributed by atoms with Crippen molar-refractivity contribution >= 4 is 40.3 Å². The van der Waals surface area contributed by atoms with Crippen LogP contribution in [-0.2, 0) is 9.53 Å². The minimum Gasteiger partial charge on any atom is -0.379 e. The number of ether oxygens (including phenoxy) is 1. The molecule has 2 heterocycles. The summed E-state index contributed by atoms with van der Waals surface area (Å²) in [6.07, 6.45) is 6.72. The largest absolute Gasteiger partial charge is 0.379 e. The van der Waals surface area contributed by atoms with Gasteiger partial charge in [-0.25, -0.2) is 9.97 Å². The summed E-state index contributed by atoms with van der Waals surface area (Å²) in [5, 5.41) is 3.25. The number of rotatable bonds is 6. The Bertz CT molecular complexity index is 852. The Morgan fingerprint density at radius 3 is 2.75 bits per heavy atom. The monoisotopic (exact) mass is 346 g/mol. The smallest absolute Gasteiger partial charge is 0.226 e. The minimum atomic E-state index is -0.341. The first-order chi connectivity index (χ1) is 11.4. The van der Waals surface area contributed by atoms with Crippen molar-refractivity contribution in [2.75, 3.05) is 12.4 Å². The van der Waals surface area contributed by atoms with Gasteiger partial charge in [-0.2, -0.15) is 0 Å². The molecule has 24 heavy (non-hydrogen) atoms. The van der Waals surface area contributed by atoms with Crippen molar-refractivity contribution in [2.24, 2.45) is 0 Å². The third-order valence-electron chi connectivity index (χ3n) is 4.02. The molecule has 0 saturated carbocycles. The van der Waals surface area contributed by atoms with Crippen molar-refractivity contribution in [3.63, 3.8) is 0 Å². The van der Waals surface area contributed by atoms with E-state index < -0.39 is 0 Å². The highest BCUT2D eigenvalue weighted by molar-refractivity contribution is 6.29. The zero-order valence-electron chi connectivity index (χ0n) is 13.8. The molecule has 2 aromatic rings. The lowest BCUT2D eigenvalue weighted by atomic mass is 10.0. The van der Waals surface area contributed by atoms with Crippen LogP contribution in [0.4, 0.5) is 5.95 Å². The number of nitrogens with zero attached hydrogens (tertiary/aromatic N) is 3. The van der Waals surface area contributed by atoms with Crippen LogP contribution in [0.1, 0.15) is 26.7 Å².